The Balaban J connectivity index is 1.99. The number of rotatable bonds is 8. The molecule has 19 heavy (non-hydrogen) atoms. The van der Waals surface area contributed by atoms with Crippen LogP contribution in [0.15, 0.2) is 0 Å². The molecule has 0 aromatic rings. The average Bonchev–Trinajstić information content (AvgIpc) is 2.79. The molecule has 1 unspecified atom stereocenters. The molecule has 1 fully saturated rings. The summed E-state index contributed by atoms with van der Waals surface area (Å²) in [5.74, 6) is -0.131. The zero-order valence-corrected chi connectivity index (χ0v) is 12.1. The Labute approximate surface area is 114 Å². The monoisotopic (exact) mass is 272 g/mol. The second kappa shape index (κ2) is 7.36. The minimum absolute atomic E-state index is 0.103. The van der Waals surface area contributed by atoms with Crippen molar-refractivity contribution in [1.82, 2.24) is 0 Å². The number of ether oxygens (including phenoxy) is 3. The van der Waals surface area contributed by atoms with Gasteiger partial charge in [0.05, 0.1) is 12.0 Å². The van der Waals surface area contributed by atoms with E-state index < -0.39 is 11.6 Å². The molecule has 1 rings (SSSR count). The van der Waals surface area contributed by atoms with Gasteiger partial charge in [0.1, 0.15) is 12.7 Å². The van der Waals surface area contributed by atoms with E-state index in [0.29, 0.717) is 13.2 Å². The van der Waals surface area contributed by atoms with Crippen molar-refractivity contribution in [2.24, 2.45) is 5.41 Å². The number of unbranched alkanes of at least 4 members (excludes halogenated alkanes) is 2. The summed E-state index contributed by atoms with van der Waals surface area (Å²) in [5.41, 5.74) is -0.393. The maximum atomic E-state index is 11.7. The first kappa shape index (κ1) is 15.8. The van der Waals surface area contributed by atoms with Crippen LogP contribution in [0.4, 0.5) is 4.79 Å². The fourth-order valence-electron chi connectivity index (χ4n) is 1.66. The second-order valence-corrected chi connectivity index (χ2v) is 5.52. The van der Waals surface area contributed by atoms with Crippen LogP contribution in [0.25, 0.3) is 0 Å². The van der Waals surface area contributed by atoms with E-state index in [9.17, 15) is 9.59 Å². The van der Waals surface area contributed by atoms with Crippen LogP contribution in [0.5, 0.6) is 0 Å². The molecule has 0 aromatic carbocycles. The molecular weight excluding hydrogens is 248 g/mol. The summed E-state index contributed by atoms with van der Waals surface area (Å²) in [7, 11) is 0. The number of esters is 1. The lowest BCUT2D eigenvalue weighted by molar-refractivity contribution is -0.154. The summed E-state index contributed by atoms with van der Waals surface area (Å²) in [6.45, 7) is 6.58. The Kier molecular flexibility index (Phi) is 6.12. The third-order valence-electron chi connectivity index (χ3n) is 3.49. The number of carbonyl (C=O) groups is 2. The highest BCUT2D eigenvalue weighted by atomic mass is 16.8. The standard InChI is InChI=1S/C14H24O5/c1-4-14(2,3)12(15)17-9-7-5-6-8-11-10-18-13(16)19-11/h11H,4-10H2,1-3H3. The minimum Gasteiger partial charge on any atom is -0.465 e. The molecule has 5 heteroatoms. The topological polar surface area (TPSA) is 61.8 Å². The van der Waals surface area contributed by atoms with E-state index in [1.807, 2.05) is 20.8 Å². The third-order valence-corrected chi connectivity index (χ3v) is 3.49. The molecule has 0 aromatic heterocycles. The highest BCUT2D eigenvalue weighted by Crippen LogP contribution is 2.21. The van der Waals surface area contributed by atoms with Gasteiger partial charge < -0.3 is 14.2 Å². The molecule has 0 saturated carbocycles. The van der Waals surface area contributed by atoms with Gasteiger partial charge >= 0.3 is 12.1 Å². The Morgan fingerprint density at radius 1 is 1.37 bits per heavy atom. The van der Waals surface area contributed by atoms with Gasteiger partial charge in [-0.15, -0.1) is 0 Å². The van der Waals surface area contributed by atoms with Crippen LogP contribution >= 0.6 is 0 Å². The highest BCUT2D eigenvalue weighted by Gasteiger charge is 2.27. The molecule has 0 spiro atoms. The van der Waals surface area contributed by atoms with Crippen LogP contribution in [-0.4, -0.2) is 31.4 Å². The summed E-state index contributed by atoms with van der Waals surface area (Å²) in [6.07, 6.45) is 3.64. The summed E-state index contributed by atoms with van der Waals surface area (Å²) in [6, 6.07) is 0. The van der Waals surface area contributed by atoms with Crippen LogP contribution < -0.4 is 0 Å². The van der Waals surface area contributed by atoms with Gasteiger partial charge in [0.25, 0.3) is 0 Å². The van der Waals surface area contributed by atoms with Crippen molar-refractivity contribution in [2.45, 2.75) is 59.0 Å². The average molecular weight is 272 g/mol. The Bertz CT molecular complexity index is 311. The zero-order chi connectivity index (χ0) is 14.3. The van der Waals surface area contributed by atoms with Crippen molar-refractivity contribution in [3.05, 3.63) is 0 Å². The van der Waals surface area contributed by atoms with Gasteiger partial charge in [-0.2, -0.15) is 0 Å². The molecule has 110 valence electrons. The predicted molar refractivity (Wildman–Crippen MR) is 69.7 cm³/mol. The van der Waals surface area contributed by atoms with E-state index in [1.54, 1.807) is 0 Å². The van der Waals surface area contributed by atoms with Crippen LogP contribution in [0, 0.1) is 5.41 Å². The molecule has 0 amide bonds. The first-order valence-corrected chi connectivity index (χ1v) is 6.96. The Morgan fingerprint density at radius 2 is 2.11 bits per heavy atom. The molecule has 1 heterocycles. The maximum absolute atomic E-state index is 11.7. The van der Waals surface area contributed by atoms with Gasteiger partial charge in [0.2, 0.25) is 0 Å². The van der Waals surface area contributed by atoms with Gasteiger partial charge in [-0.05, 0) is 46.0 Å². The van der Waals surface area contributed by atoms with Gasteiger partial charge in [0.15, 0.2) is 0 Å². The quantitative estimate of drug-likeness (QED) is 0.502. The van der Waals surface area contributed by atoms with E-state index in [2.05, 4.69) is 0 Å². The first-order valence-electron chi connectivity index (χ1n) is 6.96. The maximum Gasteiger partial charge on any atom is 0.508 e. The smallest absolute Gasteiger partial charge is 0.465 e. The zero-order valence-electron chi connectivity index (χ0n) is 12.1. The van der Waals surface area contributed by atoms with Crippen LogP contribution in [0.3, 0.4) is 0 Å². The number of carbonyl (C=O) groups excluding carboxylic acids is 2. The largest absolute Gasteiger partial charge is 0.508 e. The van der Waals surface area contributed by atoms with Gasteiger partial charge in [-0.3, -0.25) is 4.79 Å². The van der Waals surface area contributed by atoms with Crippen molar-refractivity contribution < 1.29 is 23.8 Å². The second-order valence-electron chi connectivity index (χ2n) is 5.52. The molecule has 0 aliphatic carbocycles. The van der Waals surface area contributed by atoms with E-state index in [-0.39, 0.29) is 12.1 Å². The van der Waals surface area contributed by atoms with Gasteiger partial charge in [0, 0.05) is 0 Å². The summed E-state index contributed by atoms with van der Waals surface area (Å²) in [4.78, 5) is 22.4. The normalized spacial score (nSPS) is 18.9. The molecular formula is C14H24O5. The van der Waals surface area contributed by atoms with E-state index in [1.165, 1.54) is 0 Å². The van der Waals surface area contributed by atoms with Crippen molar-refractivity contribution in [3.63, 3.8) is 0 Å². The number of hydrogen-bond acceptors (Lipinski definition) is 5. The lowest BCUT2D eigenvalue weighted by atomic mass is 9.91. The number of hydrogen-bond donors (Lipinski definition) is 0. The van der Waals surface area contributed by atoms with Crippen LogP contribution in [-0.2, 0) is 19.0 Å². The molecule has 0 bridgehead atoms. The van der Waals surface area contributed by atoms with Crippen molar-refractivity contribution in [2.75, 3.05) is 13.2 Å². The van der Waals surface area contributed by atoms with Gasteiger partial charge in [-0.25, -0.2) is 4.79 Å². The van der Waals surface area contributed by atoms with E-state index in [0.717, 1.165) is 32.1 Å². The minimum atomic E-state index is -0.569. The Morgan fingerprint density at radius 3 is 2.68 bits per heavy atom. The summed E-state index contributed by atoms with van der Waals surface area (Å²) < 4.78 is 14.9. The first-order chi connectivity index (χ1) is 8.95. The SMILES string of the molecule is CCC(C)(C)C(=O)OCCCCCC1COC(=O)O1. The van der Waals surface area contributed by atoms with Crippen LogP contribution in [0.2, 0.25) is 0 Å². The fourth-order valence-corrected chi connectivity index (χ4v) is 1.66. The van der Waals surface area contributed by atoms with E-state index in [4.69, 9.17) is 14.2 Å². The fraction of sp³-hybridized carbons (Fsp3) is 0.857. The molecule has 5 nitrogen and oxygen atoms in total. The molecule has 1 aliphatic rings. The van der Waals surface area contributed by atoms with Crippen molar-refractivity contribution >= 4 is 12.1 Å². The molecule has 0 N–H and O–H groups in total. The summed E-state index contributed by atoms with van der Waals surface area (Å²) >= 11 is 0. The third kappa shape index (κ3) is 5.49. The molecule has 1 saturated heterocycles. The lowest BCUT2D eigenvalue weighted by Gasteiger charge is -2.20. The van der Waals surface area contributed by atoms with Crippen molar-refractivity contribution in [3.8, 4) is 0 Å². The molecule has 1 atom stereocenters. The molecule has 0 radical (unpaired) electrons. The highest BCUT2D eigenvalue weighted by molar-refractivity contribution is 5.75. The summed E-state index contributed by atoms with van der Waals surface area (Å²) in [5, 5.41) is 0. The van der Waals surface area contributed by atoms with Crippen LogP contribution in [0.1, 0.15) is 52.9 Å². The Hall–Kier alpha value is -1.26. The van der Waals surface area contributed by atoms with Crippen molar-refractivity contribution in [1.29, 1.82) is 0 Å². The van der Waals surface area contributed by atoms with Gasteiger partial charge in [-0.1, -0.05) is 6.92 Å². The van der Waals surface area contributed by atoms with E-state index >= 15 is 0 Å². The number of cyclic esters (lactones) is 2. The lowest BCUT2D eigenvalue weighted by Crippen LogP contribution is -2.26. The predicted octanol–water partition coefficient (Wildman–Crippen LogP) is 3.06. The molecule has 1 aliphatic heterocycles.